The van der Waals surface area contributed by atoms with Crippen molar-refractivity contribution in [3.8, 4) is 22.4 Å². The molecule has 0 atom stereocenters. The summed E-state index contributed by atoms with van der Waals surface area (Å²) < 4.78 is 1.04. The van der Waals surface area contributed by atoms with Gasteiger partial charge in [0.05, 0.1) is 17.6 Å². The quantitative estimate of drug-likeness (QED) is 0.403. The first kappa shape index (κ1) is 16.8. The van der Waals surface area contributed by atoms with Gasteiger partial charge in [-0.05, 0) is 42.0 Å². The van der Waals surface area contributed by atoms with Crippen molar-refractivity contribution in [2.75, 3.05) is 5.32 Å². The van der Waals surface area contributed by atoms with E-state index in [1.54, 1.807) is 12.4 Å². The number of aromatic nitrogens is 3. The molecule has 4 rings (SSSR count). The topological polar surface area (TPSA) is 53.6 Å². The largest absolute Gasteiger partial charge is 0.337 e. The van der Waals surface area contributed by atoms with E-state index >= 15 is 0 Å². The highest BCUT2D eigenvalue weighted by Gasteiger charge is 2.11. The van der Waals surface area contributed by atoms with E-state index < -0.39 is 0 Å². The van der Waals surface area contributed by atoms with Gasteiger partial charge in [0.25, 0.3) is 0 Å². The standard InChI is InChI=1S/C20H14BrClN4/c21-15-5-1-13(2-6-15)18-9-10-19(14-3-7-16(22)8-4-14)26-20(18)25-17-11-23-24-12-17/h1-12H,(H,23,24)(H,25,26). The smallest absolute Gasteiger partial charge is 0.139 e. The molecule has 0 saturated heterocycles. The number of hydrogen-bond acceptors (Lipinski definition) is 3. The molecule has 4 nitrogen and oxygen atoms in total. The van der Waals surface area contributed by atoms with Gasteiger partial charge in [-0.1, -0.05) is 51.8 Å². The van der Waals surface area contributed by atoms with Crippen molar-refractivity contribution in [1.29, 1.82) is 0 Å². The van der Waals surface area contributed by atoms with E-state index in [1.165, 1.54) is 0 Å². The number of H-pyrrole nitrogens is 1. The molecule has 0 fully saturated rings. The maximum absolute atomic E-state index is 6.00. The van der Waals surface area contributed by atoms with Gasteiger partial charge in [0.15, 0.2) is 0 Å². The average molecular weight is 426 g/mol. The van der Waals surface area contributed by atoms with E-state index in [0.717, 1.165) is 38.4 Å². The molecule has 2 aromatic carbocycles. The highest BCUT2D eigenvalue weighted by atomic mass is 79.9. The second-order valence-corrected chi connectivity index (χ2v) is 7.07. The van der Waals surface area contributed by atoms with Crippen molar-refractivity contribution in [3.05, 3.63) is 82.6 Å². The number of nitrogens with one attached hydrogen (secondary N) is 2. The van der Waals surface area contributed by atoms with Gasteiger partial charge in [0.2, 0.25) is 0 Å². The first-order valence-corrected chi connectivity index (χ1v) is 9.15. The molecule has 0 aliphatic carbocycles. The molecule has 2 aromatic heterocycles. The van der Waals surface area contributed by atoms with Crippen LogP contribution in [0.2, 0.25) is 5.02 Å². The summed E-state index contributed by atoms with van der Waals surface area (Å²) in [5.41, 5.74) is 4.82. The Morgan fingerprint density at radius 2 is 1.62 bits per heavy atom. The highest BCUT2D eigenvalue weighted by Crippen LogP contribution is 2.32. The molecular formula is C20H14BrClN4. The highest BCUT2D eigenvalue weighted by molar-refractivity contribution is 9.10. The Morgan fingerprint density at radius 1 is 0.885 bits per heavy atom. The number of aromatic amines is 1. The van der Waals surface area contributed by atoms with Gasteiger partial charge in [-0.3, -0.25) is 5.10 Å². The van der Waals surface area contributed by atoms with Crippen molar-refractivity contribution >= 4 is 39.0 Å². The minimum atomic E-state index is 0.706. The van der Waals surface area contributed by atoms with Crippen LogP contribution in [0, 0.1) is 0 Å². The lowest BCUT2D eigenvalue weighted by molar-refractivity contribution is 1.09. The molecule has 0 amide bonds. The van der Waals surface area contributed by atoms with Crippen LogP contribution in [0.5, 0.6) is 0 Å². The first-order chi connectivity index (χ1) is 12.7. The van der Waals surface area contributed by atoms with Crippen LogP contribution >= 0.6 is 27.5 Å². The number of hydrogen-bond donors (Lipinski definition) is 2. The Morgan fingerprint density at radius 3 is 2.31 bits per heavy atom. The lowest BCUT2D eigenvalue weighted by Crippen LogP contribution is -1.97. The van der Waals surface area contributed by atoms with Crippen LogP contribution in [0.4, 0.5) is 11.5 Å². The molecule has 0 aliphatic heterocycles. The molecule has 0 saturated carbocycles. The average Bonchev–Trinajstić information content (AvgIpc) is 3.16. The monoisotopic (exact) mass is 424 g/mol. The SMILES string of the molecule is Clc1ccc(-c2ccc(-c3ccc(Br)cc3)c(Nc3cn[nH]c3)n2)cc1. The van der Waals surface area contributed by atoms with Crippen LogP contribution in [0.1, 0.15) is 0 Å². The van der Waals surface area contributed by atoms with Crippen molar-refractivity contribution in [3.63, 3.8) is 0 Å². The molecule has 128 valence electrons. The third-order valence-corrected chi connectivity index (χ3v) is 4.73. The predicted molar refractivity (Wildman–Crippen MR) is 110 cm³/mol. The predicted octanol–water partition coefficient (Wildman–Crippen LogP) is 6.30. The second-order valence-electron chi connectivity index (χ2n) is 5.72. The number of benzene rings is 2. The first-order valence-electron chi connectivity index (χ1n) is 7.98. The lowest BCUT2D eigenvalue weighted by Gasteiger charge is -2.12. The third kappa shape index (κ3) is 3.64. The maximum atomic E-state index is 6.00. The van der Waals surface area contributed by atoms with E-state index in [-0.39, 0.29) is 0 Å². The van der Waals surface area contributed by atoms with Crippen LogP contribution in [-0.4, -0.2) is 15.2 Å². The normalized spacial score (nSPS) is 10.7. The fourth-order valence-corrected chi connectivity index (χ4v) is 3.04. The van der Waals surface area contributed by atoms with E-state index in [9.17, 15) is 0 Å². The van der Waals surface area contributed by atoms with Crippen LogP contribution < -0.4 is 5.32 Å². The maximum Gasteiger partial charge on any atom is 0.139 e. The molecule has 0 bridgehead atoms. The molecule has 0 unspecified atom stereocenters. The molecular weight excluding hydrogens is 412 g/mol. The Labute approximate surface area is 164 Å². The second kappa shape index (κ2) is 7.32. The summed E-state index contributed by atoms with van der Waals surface area (Å²) >= 11 is 9.47. The molecule has 6 heteroatoms. The summed E-state index contributed by atoms with van der Waals surface area (Å²) in [7, 11) is 0. The number of rotatable bonds is 4. The number of anilines is 2. The zero-order valence-electron chi connectivity index (χ0n) is 13.6. The van der Waals surface area contributed by atoms with Gasteiger partial charge in [0.1, 0.15) is 5.82 Å². The molecule has 0 radical (unpaired) electrons. The van der Waals surface area contributed by atoms with Gasteiger partial charge >= 0.3 is 0 Å². The summed E-state index contributed by atoms with van der Waals surface area (Å²) in [6.45, 7) is 0. The van der Waals surface area contributed by atoms with E-state index in [0.29, 0.717) is 5.02 Å². The minimum absolute atomic E-state index is 0.706. The van der Waals surface area contributed by atoms with E-state index in [4.69, 9.17) is 16.6 Å². The summed E-state index contributed by atoms with van der Waals surface area (Å²) in [5, 5.41) is 10.8. The number of halogens is 2. The fourth-order valence-electron chi connectivity index (χ4n) is 2.65. The molecule has 0 spiro atoms. The van der Waals surface area contributed by atoms with Gasteiger partial charge in [-0.2, -0.15) is 5.10 Å². The fraction of sp³-hybridized carbons (Fsp3) is 0. The summed E-state index contributed by atoms with van der Waals surface area (Å²) in [5.74, 6) is 0.765. The van der Waals surface area contributed by atoms with E-state index in [1.807, 2.05) is 42.5 Å². The number of pyridine rings is 1. The van der Waals surface area contributed by atoms with Crippen LogP contribution in [0.15, 0.2) is 77.5 Å². The Balaban J connectivity index is 1.80. The molecule has 0 aliphatic rings. The third-order valence-electron chi connectivity index (χ3n) is 3.95. The van der Waals surface area contributed by atoms with Crippen LogP contribution in [0.25, 0.3) is 22.4 Å². The van der Waals surface area contributed by atoms with Gasteiger partial charge in [-0.25, -0.2) is 4.98 Å². The lowest BCUT2D eigenvalue weighted by atomic mass is 10.0. The number of nitrogens with zero attached hydrogens (tertiary/aromatic N) is 2. The molecule has 2 heterocycles. The van der Waals surface area contributed by atoms with Crippen LogP contribution in [-0.2, 0) is 0 Å². The van der Waals surface area contributed by atoms with Crippen molar-refractivity contribution in [2.45, 2.75) is 0 Å². The van der Waals surface area contributed by atoms with Crippen molar-refractivity contribution in [2.24, 2.45) is 0 Å². The summed E-state index contributed by atoms with van der Waals surface area (Å²) in [6.07, 6.45) is 3.52. The van der Waals surface area contributed by atoms with Crippen molar-refractivity contribution < 1.29 is 0 Å². The Hall–Kier alpha value is -2.63. The van der Waals surface area contributed by atoms with E-state index in [2.05, 4.69) is 49.6 Å². The van der Waals surface area contributed by atoms with Gasteiger partial charge in [0, 0.05) is 26.8 Å². The summed E-state index contributed by atoms with van der Waals surface area (Å²) in [4.78, 5) is 4.84. The molecule has 2 N–H and O–H groups in total. The summed E-state index contributed by atoms with van der Waals surface area (Å²) in [6, 6.07) is 19.9. The zero-order valence-corrected chi connectivity index (χ0v) is 15.9. The Kier molecular flexibility index (Phi) is 4.73. The Bertz CT molecular complexity index is 1010. The zero-order chi connectivity index (χ0) is 17.9. The molecule has 4 aromatic rings. The van der Waals surface area contributed by atoms with Gasteiger partial charge in [-0.15, -0.1) is 0 Å². The van der Waals surface area contributed by atoms with Crippen molar-refractivity contribution in [1.82, 2.24) is 15.2 Å². The van der Waals surface area contributed by atoms with Crippen LogP contribution in [0.3, 0.4) is 0 Å². The van der Waals surface area contributed by atoms with Gasteiger partial charge < -0.3 is 5.32 Å². The molecule has 26 heavy (non-hydrogen) atoms. The minimum Gasteiger partial charge on any atom is -0.337 e.